The molecule has 3 rings (SSSR count). The summed E-state index contributed by atoms with van der Waals surface area (Å²) in [6.07, 6.45) is 4.08. The summed E-state index contributed by atoms with van der Waals surface area (Å²) < 4.78 is 0. The molecule has 19 heavy (non-hydrogen) atoms. The number of hydrogen-bond acceptors (Lipinski definition) is 4. The smallest absolute Gasteiger partial charge is 0.242 e. The van der Waals surface area contributed by atoms with E-state index in [1.165, 1.54) is 17.1 Å². The van der Waals surface area contributed by atoms with Gasteiger partial charge in [0.1, 0.15) is 10.9 Å². The zero-order valence-electron chi connectivity index (χ0n) is 10.0. The first kappa shape index (κ1) is 12.5. The van der Waals surface area contributed by atoms with Crippen molar-refractivity contribution >= 4 is 34.7 Å². The van der Waals surface area contributed by atoms with Crippen LogP contribution in [0.2, 0.25) is 0 Å². The Morgan fingerprint density at radius 2 is 2.32 bits per heavy atom. The number of amides is 1. The van der Waals surface area contributed by atoms with Gasteiger partial charge in [-0.1, -0.05) is 0 Å². The van der Waals surface area contributed by atoms with Crippen LogP contribution in [0.25, 0.3) is 0 Å². The van der Waals surface area contributed by atoms with Crippen molar-refractivity contribution in [1.29, 1.82) is 0 Å². The summed E-state index contributed by atoms with van der Waals surface area (Å²) in [4.78, 5) is 28.0. The third-order valence-electron chi connectivity index (χ3n) is 3.00. The molecule has 0 bridgehead atoms. The molecule has 1 unspecified atom stereocenters. The summed E-state index contributed by atoms with van der Waals surface area (Å²) in [6, 6.07) is 3.41. The van der Waals surface area contributed by atoms with Gasteiger partial charge in [0.15, 0.2) is 0 Å². The molecule has 1 aliphatic heterocycles. The number of aryl methyl sites for hydroxylation is 1. The largest absolute Gasteiger partial charge is 0.366 e. The first-order chi connectivity index (χ1) is 9.25. The first-order valence-corrected chi connectivity index (χ1v) is 7.84. The maximum absolute atomic E-state index is 12.3. The summed E-state index contributed by atoms with van der Waals surface area (Å²) in [5.74, 6) is 0.817. The number of carbonyl (C=O) groups excluding carboxylic acids is 1. The quantitative estimate of drug-likeness (QED) is 0.893. The molecular weight excluding hydrogens is 280 g/mol. The number of carbonyl (C=O) groups is 1. The van der Waals surface area contributed by atoms with Crippen LogP contribution >= 0.6 is 23.1 Å². The van der Waals surface area contributed by atoms with Crippen molar-refractivity contribution < 1.29 is 4.79 Å². The second kappa shape index (κ2) is 5.22. The zero-order valence-corrected chi connectivity index (χ0v) is 11.6. The fourth-order valence-electron chi connectivity index (χ4n) is 2.08. The topological polar surface area (TPSA) is 62.0 Å². The summed E-state index contributed by atoms with van der Waals surface area (Å²) >= 11 is 3.32. The molecule has 0 saturated heterocycles. The molecule has 1 atom stereocenters. The minimum atomic E-state index is -0.213. The molecule has 0 aliphatic carbocycles. The average molecular weight is 292 g/mol. The molecule has 0 fully saturated rings. The van der Waals surface area contributed by atoms with Crippen molar-refractivity contribution in [3.05, 3.63) is 50.6 Å². The number of thiophene rings is 1. The molecule has 3 heterocycles. The number of aromatic amines is 1. The Kier molecular flexibility index (Phi) is 3.44. The third kappa shape index (κ3) is 2.46. The lowest BCUT2D eigenvalue weighted by molar-refractivity contribution is -0.115. The van der Waals surface area contributed by atoms with Gasteiger partial charge in [0.05, 0.1) is 0 Å². The molecule has 0 spiro atoms. The van der Waals surface area contributed by atoms with Crippen LogP contribution in [0.4, 0.5) is 5.69 Å². The predicted octanol–water partition coefficient (Wildman–Crippen LogP) is 2.41. The third-order valence-corrected chi connectivity index (χ3v) is 5.23. The SMILES string of the molecule is O=C(Nc1c[nH]ccc1=O)C1SCCc2sccc21. The highest BCUT2D eigenvalue weighted by molar-refractivity contribution is 8.00. The lowest BCUT2D eigenvalue weighted by Crippen LogP contribution is -2.24. The minimum absolute atomic E-state index is 0.124. The van der Waals surface area contributed by atoms with Gasteiger partial charge in [-0.2, -0.15) is 0 Å². The molecular formula is C13H12N2O2S2. The van der Waals surface area contributed by atoms with Crippen LogP contribution < -0.4 is 10.7 Å². The number of rotatable bonds is 2. The zero-order chi connectivity index (χ0) is 13.2. The standard InChI is InChI=1S/C13H12N2O2S2/c16-10-1-4-14-7-9(10)15-13(17)12-8-2-5-18-11(8)3-6-19-12/h1-2,4-5,7,12H,3,6H2,(H,14,16)(H,15,17). The van der Waals surface area contributed by atoms with E-state index < -0.39 is 0 Å². The number of fused-ring (bicyclic) bond motifs is 1. The highest BCUT2D eigenvalue weighted by Gasteiger charge is 2.28. The van der Waals surface area contributed by atoms with Crippen LogP contribution in [0.5, 0.6) is 0 Å². The van der Waals surface area contributed by atoms with Crippen LogP contribution in [0.15, 0.2) is 34.7 Å². The molecule has 4 nitrogen and oxygen atoms in total. The molecule has 1 amide bonds. The van der Waals surface area contributed by atoms with E-state index in [1.54, 1.807) is 29.3 Å². The number of anilines is 1. The van der Waals surface area contributed by atoms with Crippen LogP contribution in [-0.2, 0) is 11.2 Å². The van der Waals surface area contributed by atoms with E-state index >= 15 is 0 Å². The van der Waals surface area contributed by atoms with Gasteiger partial charge in [0, 0.05) is 23.3 Å². The van der Waals surface area contributed by atoms with Gasteiger partial charge in [0.25, 0.3) is 0 Å². The number of hydrogen-bond donors (Lipinski definition) is 2. The Bertz CT molecular complexity index is 662. The van der Waals surface area contributed by atoms with Crippen molar-refractivity contribution in [2.24, 2.45) is 0 Å². The Balaban J connectivity index is 1.83. The van der Waals surface area contributed by atoms with E-state index in [1.807, 2.05) is 11.4 Å². The molecule has 2 aromatic heterocycles. The van der Waals surface area contributed by atoms with Crippen molar-refractivity contribution in [2.45, 2.75) is 11.7 Å². The van der Waals surface area contributed by atoms with Gasteiger partial charge >= 0.3 is 0 Å². The number of aromatic nitrogens is 1. The molecule has 0 saturated carbocycles. The van der Waals surface area contributed by atoms with Gasteiger partial charge in [0.2, 0.25) is 11.3 Å². The van der Waals surface area contributed by atoms with Gasteiger partial charge in [-0.05, 0) is 29.2 Å². The summed E-state index contributed by atoms with van der Waals surface area (Å²) in [6.45, 7) is 0. The van der Waals surface area contributed by atoms with Crippen molar-refractivity contribution in [3.8, 4) is 0 Å². The number of thioether (sulfide) groups is 1. The van der Waals surface area contributed by atoms with E-state index in [2.05, 4.69) is 10.3 Å². The van der Waals surface area contributed by atoms with Crippen molar-refractivity contribution in [1.82, 2.24) is 4.98 Å². The fourth-order valence-corrected chi connectivity index (χ4v) is 4.37. The van der Waals surface area contributed by atoms with Crippen LogP contribution in [0, 0.1) is 0 Å². The van der Waals surface area contributed by atoms with Crippen molar-refractivity contribution in [2.75, 3.05) is 11.1 Å². The number of nitrogens with one attached hydrogen (secondary N) is 2. The second-order valence-electron chi connectivity index (χ2n) is 4.21. The molecule has 1 aliphatic rings. The van der Waals surface area contributed by atoms with E-state index in [0.717, 1.165) is 17.7 Å². The Morgan fingerprint density at radius 3 is 3.16 bits per heavy atom. The normalized spacial score (nSPS) is 17.8. The maximum atomic E-state index is 12.3. The van der Waals surface area contributed by atoms with Gasteiger partial charge in [-0.3, -0.25) is 9.59 Å². The highest BCUT2D eigenvalue weighted by atomic mass is 32.2. The highest BCUT2D eigenvalue weighted by Crippen LogP contribution is 2.39. The fraction of sp³-hybridized carbons (Fsp3) is 0.231. The lowest BCUT2D eigenvalue weighted by Gasteiger charge is -2.21. The Labute approximate surface area is 118 Å². The van der Waals surface area contributed by atoms with E-state index in [4.69, 9.17) is 0 Å². The van der Waals surface area contributed by atoms with Crippen LogP contribution in [0.1, 0.15) is 15.7 Å². The van der Waals surface area contributed by atoms with Crippen LogP contribution in [-0.4, -0.2) is 16.6 Å². The lowest BCUT2D eigenvalue weighted by atomic mass is 10.1. The van der Waals surface area contributed by atoms with E-state index in [0.29, 0.717) is 5.69 Å². The first-order valence-electron chi connectivity index (χ1n) is 5.91. The average Bonchev–Trinajstić information content (AvgIpc) is 2.89. The summed E-state index contributed by atoms with van der Waals surface area (Å²) in [5.41, 5.74) is 1.21. The Morgan fingerprint density at radius 1 is 1.42 bits per heavy atom. The van der Waals surface area contributed by atoms with Crippen molar-refractivity contribution in [3.63, 3.8) is 0 Å². The molecule has 2 N–H and O–H groups in total. The molecule has 98 valence electrons. The monoisotopic (exact) mass is 292 g/mol. The molecule has 0 radical (unpaired) electrons. The van der Waals surface area contributed by atoms with Gasteiger partial charge < -0.3 is 10.3 Å². The van der Waals surface area contributed by atoms with Crippen LogP contribution in [0.3, 0.4) is 0 Å². The Hall–Kier alpha value is -1.53. The number of H-pyrrole nitrogens is 1. The maximum Gasteiger partial charge on any atom is 0.242 e. The summed E-state index contributed by atoms with van der Waals surface area (Å²) in [5, 5.41) is 4.52. The van der Waals surface area contributed by atoms with E-state index in [-0.39, 0.29) is 16.6 Å². The molecule has 2 aromatic rings. The predicted molar refractivity (Wildman–Crippen MR) is 78.9 cm³/mol. The molecule has 6 heteroatoms. The minimum Gasteiger partial charge on any atom is -0.366 e. The van der Waals surface area contributed by atoms with Gasteiger partial charge in [-0.15, -0.1) is 23.1 Å². The van der Waals surface area contributed by atoms with E-state index in [9.17, 15) is 9.59 Å². The number of pyridine rings is 1. The second-order valence-corrected chi connectivity index (χ2v) is 6.43. The molecule has 0 aromatic carbocycles. The summed E-state index contributed by atoms with van der Waals surface area (Å²) in [7, 11) is 0. The van der Waals surface area contributed by atoms with Gasteiger partial charge in [-0.25, -0.2) is 0 Å².